The van der Waals surface area contributed by atoms with Crippen LogP contribution in [0, 0.1) is 12.3 Å². The number of methoxy groups -OCH3 is 1. The summed E-state index contributed by atoms with van der Waals surface area (Å²) in [6.45, 7) is 0. The van der Waals surface area contributed by atoms with E-state index >= 15 is 0 Å². The predicted octanol–water partition coefficient (Wildman–Crippen LogP) is 2.27. The van der Waals surface area contributed by atoms with Crippen LogP contribution in [0.1, 0.15) is 5.69 Å². The third kappa shape index (κ3) is 1.60. The van der Waals surface area contributed by atoms with E-state index in [1.54, 1.807) is 19.2 Å². The highest BCUT2D eigenvalue weighted by atomic mass is 35.5. The lowest BCUT2D eigenvalue weighted by Crippen LogP contribution is -1.92. The summed E-state index contributed by atoms with van der Waals surface area (Å²) in [5.74, 6) is 3.17. The Morgan fingerprint density at radius 2 is 2.13 bits per heavy atom. The first-order valence-corrected chi connectivity index (χ1v) is 4.60. The molecule has 0 spiro atoms. The molecular weight excluding hydrogens is 212 g/mol. The van der Waals surface area contributed by atoms with Crippen LogP contribution in [0.5, 0.6) is 5.75 Å². The highest BCUT2D eigenvalue weighted by Gasteiger charge is 2.07. The van der Waals surface area contributed by atoms with Crippen LogP contribution in [0.2, 0.25) is 5.15 Å². The van der Waals surface area contributed by atoms with E-state index in [1.807, 2.05) is 6.07 Å². The summed E-state index contributed by atoms with van der Waals surface area (Å²) in [5.41, 5.74) is 0.466. The molecule has 0 atom stereocenters. The molecule has 74 valence electrons. The second kappa shape index (κ2) is 3.76. The van der Waals surface area contributed by atoms with Crippen molar-refractivity contribution in [2.45, 2.75) is 0 Å². The minimum absolute atomic E-state index is 0.339. The van der Waals surface area contributed by atoms with Crippen molar-refractivity contribution < 1.29 is 4.74 Å². The van der Waals surface area contributed by atoms with Crippen molar-refractivity contribution in [2.75, 3.05) is 7.11 Å². The molecular formula is C11H7ClN2O. The van der Waals surface area contributed by atoms with E-state index in [4.69, 9.17) is 22.8 Å². The van der Waals surface area contributed by atoms with Crippen LogP contribution in [-0.4, -0.2) is 17.3 Å². The normalized spacial score (nSPS) is 9.93. The topological polar surface area (TPSA) is 35.0 Å². The second-order valence-electron chi connectivity index (χ2n) is 2.90. The molecule has 0 saturated heterocycles. The molecule has 3 nitrogen and oxygen atoms in total. The predicted molar refractivity (Wildman–Crippen MR) is 59.0 cm³/mol. The standard InChI is InChI=1S/C11H7ClN2O/c1-3-10-9-6-7(15-2)4-5-8(9)11(12)14-13-10/h1,4-6H,2H3. The molecule has 0 amide bonds. The fraction of sp³-hybridized carbons (Fsp3) is 0.0909. The number of fused-ring (bicyclic) bond motifs is 1. The summed E-state index contributed by atoms with van der Waals surface area (Å²) in [6, 6.07) is 5.41. The maximum absolute atomic E-state index is 5.90. The average Bonchev–Trinajstić information content (AvgIpc) is 2.29. The molecule has 0 saturated carbocycles. The third-order valence-corrected chi connectivity index (χ3v) is 2.36. The average molecular weight is 219 g/mol. The smallest absolute Gasteiger partial charge is 0.159 e. The maximum atomic E-state index is 5.90. The van der Waals surface area contributed by atoms with Crippen LogP contribution in [0.3, 0.4) is 0 Å². The van der Waals surface area contributed by atoms with E-state index < -0.39 is 0 Å². The summed E-state index contributed by atoms with van der Waals surface area (Å²) >= 11 is 5.90. The molecule has 4 heteroatoms. The summed E-state index contributed by atoms with van der Waals surface area (Å²) in [6.07, 6.45) is 5.32. The minimum atomic E-state index is 0.339. The molecule has 1 aromatic carbocycles. The molecule has 0 bridgehead atoms. The Hall–Kier alpha value is -1.79. The quantitative estimate of drug-likeness (QED) is 0.689. The number of halogens is 1. The number of aromatic nitrogens is 2. The third-order valence-electron chi connectivity index (χ3n) is 2.08. The number of nitrogens with zero attached hydrogens (tertiary/aromatic N) is 2. The molecule has 0 fully saturated rings. The Bertz CT molecular complexity index is 560. The van der Waals surface area contributed by atoms with Gasteiger partial charge in [0.25, 0.3) is 0 Å². The lowest BCUT2D eigenvalue weighted by atomic mass is 10.1. The number of benzene rings is 1. The van der Waals surface area contributed by atoms with Crippen LogP contribution in [0.4, 0.5) is 0 Å². The van der Waals surface area contributed by atoms with Crippen molar-refractivity contribution in [1.82, 2.24) is 10.2 Å². The van der Waals surface area contributed by atoms with Crippen molar-refractivity contribution in [3.8, 4) is 18.1 Å². The van der Waals surface area contributed by atoms with E-state index in [-0.39, 0.29) is 0 Å². The van der Waals surface area contributed by atoms with Gasteiger partial charge in [0.15, 0.2) is 5.15 Å². The summed E-state index contributed by atoms with van der Waals surface area (Å²) in [5, 5.41) is 9.48. The fourth-order valence-electron chi connectivity index (χ4n) is 1.33. The van der Waals surface area contributed by atoms with Gasteiger partial charge in [0.1, 0.15) is 11.4 Å². The largest absolute Gasteiger partial charge is 0.497 e. The lowest BCUT2D eigenvalue weighted by molar-refractivity contribution is 0.415. The van der Waals surface area contributed by atoms with Crippen molar-refractivity contribution in [1.29, 1.82) is 0 Å². The molecule has 1 heterocycles. The Labute approximate surface area is 92.0 Å². The van der Waals surface area contributed by atoms with Crippen molar-refractivity contribution in [3.05, 3.63) is 29.0 Å². The molecule has 0 aliphatic heterocycles. The lowest BCUT2D eigenvalue weighted by Gasteiger charge is -2.04. The van der Waals surface area contributed by atoms with Crippen molar-refractivity contribution in [3.63, 3.8) is 0 Å². The highest BCUT2D eigenvalue weighted by molar-refractivity contribution is 6.34. The Kier molecular flexibility index (Phi) is 2.44. The Morgan fingerprint density at radius 1 is 1.33 bits per heavy atom. The minimum Gasteiger partial charge on any atom is -0.497 e. The van der Waals surface area contributed by atoms with Gasteiger partial charge in [-0.1, -0.05) is 11.6 Å². The number of hydrogen-bond donors (Lipinski definition) is 0. The van der Waals surface area contributed by atoms with Gasteiger partial charge in [-0.15, -0.1) is 16.6 Å². The van der Waals surface area contributed by atoms with Crippen molar-refractivity contribution >= 4 is 22.4 Å². The van der Waals surface area contributed by atoms with Crippen LogP contribution in [-0.2, 0) is 0 Å². The van der Waals surface area contributed by atoms with Crippen LogP contribution in [0.15, 0.2) is 18.2 Å². The number of hydrogen-bond acceptors (Lipinski definition) is 3. The van der Waals surface area contributed by atoms with Gasteiger partial charge in [-0.05, 0) is 24.1 Å². The van der Waals surface area contributed by atoms with Crippen molar-refractivity contribution in [2.24, 2.45) is 0 Å². The van der Waals surface area contributed by atoms with Gasteiger partial charge in [-0.2, -0.15) is 0 Å². The molecule has 15 heavy (non-hydrogen) atoms. The van der Waals surface area contributed by atoms with Gasteiger partial charge in [0.2, 0.25) is 0 Å². The Morgan fingerprint density at radius 3 is 2.80 bits per heavy atom. The first kappa shape index (κ1) is 9.75. The molecule has 2 aromatic rings. The van der Waals surface area contributed by atoms with Gasteiger partial charge in [-0.25, -0.2) is 0 Å². The monoisotopic (exact) mass is 218 g/mol. The molecule has 1 aromatic heterocycles. The van der Waals surface area contributed by atoms with Gasteiger partial charge in [0.05, 0.1) is 7.11 Å². The van der Waals surface area contributed by atoms with E-state index in [1.165, 1.54) is 0 Å². The molecule has 0 aliphatic carbocycles. The first-order chi connectivity index (χ1) is 7.26. The van der Waals surface area contributed by atoms with Crippen LogP contribution in [0.25, 0.3) is 10.8 Å². The van der Waals surface area contributed by atoms with Crippen LogP contribution < -0.4 is 4.74 Å². The van der Waals surface area contributed by atoms with E-state index in [0.717, 1.165) is 10.8 Å². The zero-order valence-electron chi connectivity index (χ0n) is 7.99. The summed E-state index contributed by atoms with van der Waals surface area (Å²) in [7, 11) is 1.59. The van der Waals surface area contributed by atoms with Gasteiger partial charge < -0.3 is 4.74 Å². The zero-order chi connectivity index (χ0) is 10.8. The molecule has 0 aliphatic rings. The maximum Gasteiger partial charge on any atom is 0.159 e. The number of terminal acetylenes is 1. The zero-order valence-corrected chi connectivity index (χ0v) is 8.75. The van der Waals surface area contributed by atoms with Gasteiger partial charge in [-0.3, -0.25) is 0 Å². The van der Waals surface area contributed by atoms with E-state index in [9.17, 15) is 0 Å². The molecule has 0 radical (unpaired) electrons. The second-order valence-corrected chi connectivity index (χ2v) is 3.25. The van der Waals surface area contributed by atoms with Crippen LogP contribution >= 0.6 is 11.6 Å². The highest BCUT2D eigenvalue weighted by Crippen LogP contribution is 2.26. The SMILES string of the molecule is C#Cc1nnc(Cl)c2ccc(OC)cc12. The summed E-state index contributed by atoms with van der Waals surface area (Å²) in [4.78, 5) is 0. The molecule has 0 unspecified atom stereocenters. The van der Waals surface area contributed by atoms with Gasteiger partial charge in [0, 0.05) is 10.8 Å². The Balaban J connectivity index is 2.84. The molecule has 0 N–H and O–H groups in total. The van der Waals surface area contributed by atoms with E-state index in [0.29, 0.717) is 16.6 Å². The molecule has 2 rings (SSSR count). The first-order valence-electron chi connectivity index (χ1n) is 4.23. The number of rotatable bonds is 1. The number of ether oxygens (including phenoxy) is 1. The fourth-order valence-corrected chi connectivity index (χ4v) is 1.54. The van der Waals surface area contributed by atoms with Gasteiger partial charge >= 0.3 is 0 Å². The van der Waals surface area contributed by atoms with E-state index in [2.05, 4.69) is 16.1 Å². The summed E-state index contributed by atoms with van der Waals surface area (Å²) < 4.78 is 5.10.